The van der Waals surface area contributed by atoms with E-state index in [1.165, 1.54) is 12.1 Å². The summed E-state index contributed by atoms with van der Waals surface area (Å²) < 4.78 is 55.2. The van der Waals surface area contributed by atoms with Crippen molar-refractivity contribution >= 4 is 11.6 Å². The molecule has 0 spiro atoms. The zero-order chi connectivity index (χ0) is 22.7. The van der Waals surface area contributed by atoms with Gasteiger partial charge >= 0.3 is 5.92 Å². The molecule has 0 unspecified atom stereocenters. The van der Waals surface area contributed by atoms with Crippen molar-refractivity contribution in [2.75, 3.05) is 26.4 Å². The molecule has 31 heavy (non-hydrogen) atoms. The van der Waals surface area contributed by atoms with E-state index in [0.29, 0.717) is 19.8 Å². The Hall–Kier alpha value is -0.790. The molecule has 1 saturated heterocycles. The quantitative estimate of drug-likeness (QED) is 0.300. The number of hydrogen-bond acceptors (Lipinski definition) is 4. The van der Waals surface area contributed by atoms with E-state index in [1.54, 1.807) is 12.1 Å². The summed E-state index contributed by atoms with van der Waals surface area (Å²) in [4.78, 5) is 0. The molecule has 1 aromatic carbocycles. The van der Waals surface area contributed by atoms with Gasteiger partial charge in [-0.25, -0.2) is 0 Å². The Kier molecular flexibility index (Phi) is 11.7. The van der Waals surface area contributed by atoms with Crippen LogP contribution in [0.1, 0.15) is 64.9 Å². The van der Waals surface area contributed by atoms with Crippen molar-refractivity contribution in [3.05, 3.63) is 34.9 Å². The summed E-state index contributed by atoms with van der Waals surface area (Å²) >= 11 is 6.12. The monoisotopic (exact) mass is 462 g/mol. The molecule has 1 aromatic rings. The van der Waals surface area contributed by atoms with Crippen molar-refractivity contribution in [1.82, 2.24) is 0 Å². The number of halogens is 3. The summed E-state index contributed by atoms with van der Waals surface area (Å²) in [6, 6.07) is 5.99. The van der Waals surface area contributed by atoms with Gasteiger partial charge in [0.1, 0.15) is 18.3 Å². The molecule has 2 rings (SSSR count). The van der Waals surface area contributed by atoms with Gasteiger partial charge in [0.25, 0.3) is 0 Å². The first-order valence-electron chi connectivity index (χ1n) is 11.6. The lowest BCUT2D eigenvalue weighted by atomic mass is 9.91. The van der Waals surface area contributed by atoms with Crippen LogP contribution in [0, 0.1) is 0 Å². The lowest BCUT2D eigenvalue weighted by Crippen LogP contribution is -2.60. The van der Waals surface area contributed by atoms with E-state index in [0.717, 1.165) is 38.5 Å². The fourth-order valence-electron chi connectivity index (χ4n) is 3.60. The number of ether oxygens (including phenoxy) is 4. The van der Waals surface area contributed by atoms with Crippen molar-refractivity contribution in [1.29, 1.82) is 0 Å². The Labute approximate surface area is 190 Å². The lowest BCUT2D eigenvalue weighted by Gasteiger charge is -2.44. The number of rotatable bonds is 14. The predicted molar refractivity (Wildman–Crippen MR) is 119 cm³/mol. The van der Waals surface area contributed by atoms with Crippen molar-refractivity contribution in [2.45, 2.75) is 89.6 Å². The third-order valence-electron chi connectivity index (χ3n) is 5.47. The van der Waals surface area contributed by atoms with Crippen LogP contribution in [0.25, 0.3) is 0 Å². The first kappa shape index (κ1) is 26.5. The van der Waals surface area contributed by atoms with Crippen molar-refractivity contribution in [3.63, 3.8) is 0 Å². The Morgan fingerprint density at radius 2 is 1.45 bits per heavy atom. The molecule has 1 fully saturated rings. The van der Waals surface area contributed by atoms with Gasteiger partial charge in [0, 0.05) is 30.4 Å². The molecule has 0 bridgehead atoms. The van der Waals surface area contributed by atoms with Gasteiger partial charge in [0.2, 0.25) is 0 Å². The summed E-state index contributed by atoms with van der Waals surface area (Å²) in [6.07, 6.45) is 1.77. The minimum absolute atomic E-state index is 0.00757. The van der Waals surface area contributed by atoms with E-state index in [1.807, 2.05) is 6.92 Å². The van der Waals surface area contributed by atoms with Crippen LogP contribution in [0.2, 0.25) is 5.02 Å². The third kappa shape index (κ3) is 7.36. The first-order valence-corrected chi connectivity index (χ1v) is 11.9. The van der Waals surface area contributed by atoms with Crippen molar-refractivity contribution in [2.24, 2.45) is 0 Å². The fourth-order valence-corrected chi connectivity index (χ4v) is 3.86. The molecule has 1 heterocycles. The smallest absolute Gasteiger partial charge is 0.302 e. The van der Waals surface area contributed by atoms with E-state index in [4.69, 9.17) is 30.5 Å². The minimum Gasteiger partial charge on any atom is -0.373 e. The maximum Gasteiger partial charge on any atom is 0.302 e. The Morgan fingerprint density at radius 1 is 0.903 bits per heavy atom. The molecular formula is C24H37ClF2O4. The van der Waals surface area contributed by atoms with E-state index in [9.17, 15) is 0 Å². The molecule has 0 aliphatic carbocycles. The molecule has 0 N–H and O–H groups in total. The number of alkyl halides is 2. The standard InChI is InChI=1S/C24H37ClF2O4/c1-4-7-14-28-20-17-31-23(24(26,27)18-12-10-11-13-19(18)25)22(30-16-9-6-3)21(20)29-15-8-5-2/h10-13,20-23H,4-9,14-17H2,1-3H3/t20-,21+,22-,23-/m1/s1. The van der Waals surface area contributed by atoms with Crippen LogP contribution in [0.15, 0.2) is 24.3 Å². The Morgan fingerprint density at radius 3 is 2.03 bits per heavy atom. The van der Waals surface area contributed by atoms with Crippen LogP contribution in [0.3, 0.4) is 0 Å². The lowest BCUT2D eigenvalue weighted by molar-refractivity contribution is -0.279. The molecule has 0 radical (unpaired) electrons. The SMILES string of the molecule is CCCCO[C@@H]1[C@@H](OCCCC)[C@H](OCCCC)CO[C@H]1C(F)(F)c1ccccc1Cl. The highest BCUT2D eigenvalue weighted by molar-refractivity contribution is 6.31. The number of hydrogen-bond donors (Lipinski definition) is 0. The number of unbranched alkanes of at least 4 members (excludes halogenated alkanes) is 3. The van der Waals surface area contributed by atoms with E-state index in [-0.39, 0.29) is 17.2 Å². The summed E-state index contributed by atoms with van der Waals surface area (Å²) in [5, 5.41) is 0.00757. The maximum absolute atomic E-state index is 15.7. The summed E-state index contributed by atoms with van der Waals surface area (Å²) in [5.41, 5.74) is -0.261. The number of benzene rings is 1. The second-order valence-electron chi connectivity index (χ2n) is 8.00. The minimum atomic E-state index is -3.34. The molecule has 178 valence electrons. The van der Waals surface area contributed by atoms with E-state index >= 15 is 8.78 Å². The van der Waals surface area contributed by atoms with Gasteiger partial charge in [-0.05, 0) is 25.3 Å². The average molecular weight is 463 g/mol. The molecule has 1 aliphatic rings. The maximum atomic E-state index is 15.7. The van der Waals surface area contributed by atoms with Crippen LogP contribution < -0.4 is 0 Å². The fraction of sp³-hybridized carbons (Fsp3) is 0.750. The van der Waals surface area contributed by atoms with Gasteiger partial charge < -0.3 is 18.9 Å². The Bertz CT molecular complexity index is 631. The molecular weight excluding hydrogens is 426 g/mol. The van der Waals surface area contributed by atoms with Crippen molar-refractivity contribution in [3.8, 4) is 0 Å². The van der Waals surface area contributed by atoms with Gasteiger partial charge in [-0.3, -0.25) is 0 Å². The van der Waals surface area contributed by atoms with Gasteiger partial charge in [-0.15, -0.1) is 0 Å². The van der Waals surface area contributed by atoms with Crippen LogP contribution in [0.5, 0.6) is 0 Å². The summed E-state index contributed by atoms with van der Waals surface area (Å²) in [5.74, 6) is -3.34. The third-order valence-corrected chi connectivity index (χ3v) is 5.79. The second-order valence-corrected chi connectivity index (χ2v) is 8.40. The van der Waals surface area contributed by atoms with Crippen LogP contribution in [-0.4, -0.2) is 50.8 Å². The zero-order valence-corrected chi connectivity index (χ0v) is 19.7. The predicted octanol–water partition coefficient (Wildman–Crippen LogP) is 6.39. The van der Waals surface area contributed by atoms with Gasteiger partial charge in [-0.1, -0.05) is 69.8 Å². The molecule has 0 amide bonds. The van der Waals surface area contributed by atoms with E-state index < -0.39 is 30.3 Å². The summed E-state index contributed by atoms with van der Waals surface area (Å²) in [6.45, 7) is 7.55. The molecule has 0 aromatic heterocycles. The highest BCUT2D eigenvalue weighted by atomic mass is 35.5. The molecule has 4 nitrogen and oxygen atoms in total. The molecule has 7 heteroatoms. The van der Waals surface area contributed by atoms with Crippen LogP contribution in [-0.2, 0) is 24.9 Å². The topological polar surface area (TPSA) is 36.9 Å². The average Bonchev–Trinajstić information content (AvgIpc) is 2.75. The van der Waals surface area contributed by atoms with Gasteiger partial charge in [-0.2, -0.15) is 8.78 Å². The first-order chi connectivity index (χ1) is 15.0. The Balaban J connectivity index is 2.31. The van der Waals surface area contributed by atoms with Crippen molar-refractivity contribution < 1.29 is 27.7 Å². The molecule has 1 aliphatic heterocycles. The highest BCUT2D eigenvalue weighted by Gasteiger charge is 2.55. The normalized spacial score (nSPS) is 24.5. The largest absolute Gasteiger partial charge is 0.373 e. The van der Waals surface area contributed by atoms with Gasteiger partial charge in [0.15, 0.2) is 6.10 Å². The van der Waals surface area contributed by atoms with Crippen LogP contribution >= 0.6 is 11.6 Å². The van der Waals surface area contributed by atoms with Crippen LogP contribution in [0.4, 0.5) is 8.78 Å². The van der Waals surface area contributed by atoms with E-state index in [2.05, 4.69) is 13.8 Å². The zero-order valence-electron chi connectivity index (χ0n) is 19.0. The summed E-state index contributed by atoms with van der Waals surface area (Å²) in [7, 11) is 0. The highest BCUT2D eigenvalue weighted by Crippen LogP contribution is 2.42. The molecule has 4 atom stereocenters. The second kappa shape index (κ2) is 13.7. The van der Waals surface area contributed by atoms with Gasteiger partial charge in [0.05, 0.1) is 6.61 Å². The molecule has 0 saturated carbocycles.